The maximum atomic E-state index is 12.5. The molecular formula is C19H23N3O4S. The number of amides is 2. The first-order valence-electron chi connectivity index (χ1n) is 8.29. The summed E-state index contributed by atoms with van der Waals surface area (Å²) in [5, 5.41) is 5.37. The van der Waals surface area contributed by atoms with Gasteiger partial charge >= 0.3 is 0 Å². The molecule has 0 aliphatic carbocycles. The molecule has 0 saturated carbocycles. The number of benzene rings is 2. The highest BCUT2D eigenvalue weighted by Crippen LogP contribution is 2.23. The Morgan fingerprint density at radius 2 is 1.67 bits per heavy atom. The standard InChI is InChI=1S/C19H23N3O4S/c1-13-9-10-16(20-15(3)23)11-17(13)21-19(24)12-22(27(4,25)26)18-8-6-5-7-14(18)2/h5-11H,12H2,1-4H3,(H,20,23)(H,21,24). The molecule has 2 aromatic carbocycles. The molecule has 2 rings (SSSR count). The zero-order chi connectivity index (χ0) is 20.2. The van der Waals surface area contributed by atoms with Crippen molar-refractivity contribution < 1.29 is 18.0 Å². The summed E-state index contributed by atoms with van der Waals surface area (Å²) in [6, 6.07) is 12.1. The summed E-state index contributed by atoms with van der Waals surface area (Å²) in [5.41, 5.74) is 3.05. The third-order valence-electron chi connectivity index (χ3n) is 3.90. The van der Waals surface area contributed by atoms with Crippen LogP contribution in [0.5, 0.6) is 0 Å². The molecule has 2 amide bonds. The highest BCUT2D eigenvalue weighted by molar-refractivity contribution is 7.92. The number of carbonyl (C=O) groups excluding carboxylic acids is 2. The van der Waals surface area contributed by atoms with Crippen LogP contribution < -0.4 is 14.9 Å². The molecule has 0 saturated heterocycles. The van der Waals surface area contributed by atoms with Gasteiger partial charge < -0.3 is 10.6 Å². The van der Waals surface area contributed by atoms with Gasteiger partial charge in [0.05, 0.1) is 11.9 Å². The third-order valence-corrected chi connectivity index (χ3v) is 5.03. The van der Waals surface area contributed by atoms with Crippen LogP contribution in [0, 0.1) is 13.8 Å². The van der Waals surface area contributed by atoms with E-state index in [0.717, 1.165) is 21.7 Å². The van der Waals surface area contributed by atoms with Crippen molar-refractivity contribution in [2.24, 2.45) is 0 Å². The van der Waals surface area contributed by atoms with Gasteiger partial charge in [0.15, 0.2) is 0 Å². The van der Waals surface area contributed by atoms with Crippen molar-refractivity contribution in [3.8, 4) is 0 Å². The van der Waals surface area contributed by atoms with Gasteiger partial charge in [-0.25, -0.2) is 8.42 Å². The van der Waals surface area contributed by atoms with Crippen LogP contribution in [0.1, 0.15) is 18.1 Å². The molecule has 0 spiro atoms. The van der Waals surface area contributed by atoms with E-state index in [-0.39, 0.29) is 12.5 Å². The number of nitrogens with zero attached hydrogens (tertiary/aromatic N) is 1. The van der Waals surface area contributed by atoms with Crippen molar-refractivity contribution >= 4 is 38.9 Å². The van der Waals surface area contributed by atoms with Gasteiger partial charge in [-0.05, 0) is 43.2 Å². The average Bonchev–Trinajstić information content (AvgIpc) is 2.55. The quantitative estimate of drug-likeness (QED) is 0.794. The van der Waals surface area contributed by atoms with Crippen LogP contribution in [0.2, 0.25) is 0 Å². The summed E-state index contributed by atoms with van der Waals surface area (Å²) in [6.07, 6.45) is 1.06. The van der Waals surface area contributed by atoms with Crippen LogP contribution in [0.4, 0.5) is 17.1 Å². The first-order valence-corrected chi connectivity index (χ1v) is 10.1. The summed E-state index contributed by atoms with van der Waals surface area (Å²) in [4.78, 5) is 23.7. The molecule has 8 heteroatoms. The molecule has 0 bridgehead atoms. The number of aryl methyl sites for hydroxylation is 2. The van der Waals surface area contributed by atoms with Gasteiger partial charge in [0, 0.05) is 18.3 Å². The minimum atomic E-state index is -3.65. The topological polar surface area (TPSA) is 95.6 Å². The molecule has 144 valence electrons. The van der Waals surface area contributed by atoms with E-state index < -0.39 is 15.9 Å². The van der Waals surface area contributed by atoms with Gasteiger partial charge in [-0.3, -0.25) is 13.9 Å². The lowest BCUT2D eigenvalue weighted by molar-refractivity contribution is -0.115. The Hall–Kier alpha value is -2.87. The van der Waals surface area contributed by atoms with Gasteiger partial charge in [0.2, 0.25) is 21.8 Å². The van der Waals surface area contributed by atoms with E-state index in [1.165, 1.54) is 6.92 Å². The molecule has 2 N–H and O–H groups in total. The molecule has 0 aliphatic rings. The van der Waals surface area contributed by atoms with Gasteiger partial charge in [0.25, 0.3) is 0 Å². The van der Waals surface area contributed by atoms with Crippen molar-refractivity contribution in [2.75, 3.05) is 27.7 Å². The van der Waals surface area contributed by atoms with Crippen molar-refractivity contribution in [2.45, 2.75) is 20.8 Å². The van der Waals surface area contributed by atoms with E-state index in [1.807, 2.05) is 6.92 Å². The number of hydrogen-bond acceptors (Lipinski definition) is 4. The Balaban J connectivity index is 2.25. The first kappa shape index (κ1) is 20.4. The van der Waals surface area contributed by atoms with Crippen LogP contribution in [-0.4, -0.2) is 33.0 Å². The van der Waals surface area contributed by atoms with Crippen LogP contribution in [-0.2, 0) is 19.6 Å². The normalized spacial score (nSPS) is 11.0. The van der Waals surface area contributed by atoms with E-state index in [2.05, 4.69) is 10.6 Å². The SMILES string of the molecule is CC(=O)Nc1ccc(C)c(NC(=O)CN(c2ccccc2C)S(C)(=O)=O)c1. The molecule has 0 atom stereocenters. The summed E-state index contributed by atoms with van der Waals surface area (Å²) in [5.74, 6) is -0.703. The molecule has 0 aliphatic heterocycles. The number of sulfonamides is 1. The van der Waals surface area contributed by atoms with Crippen LogP contribution in [0.15, 0.2) is 42.5 Å². The highest BCUT2D eigenvalue weighted by atomic mass is 32.2. The molecule has 0 aromatic heterocycles. The Kier molecular flexibility index (Phi) is 6.22. The number of nitrogens with one attached hydrogen (secondary N) is 2. The number of para-hydroxylation sites is 1. The first-order chi connectivity index (χ1) is 12.6. The smallest absolute Gasteiger partial charge is 0.245 e. The van der Waals surface area contributed by atoms with Crippen molar-refractivity contribution in [1.29, 1.82) is 0 Å². The lowest BCUT2D eigenvalue weighted by Crippen LogP contribution is -2.38. The van der Waals surface area contributed by atoms with Gasteiger partial charge in [-0.2, -0.15) is 0 Å². The second-order valence-electron chi connectivity index (χ2n) is 6.32. The fraction of sp³-hybridized carbons (Fsp3) is 0.263. The molecular weight excluding hydrogens is 366 g/mol. The fourth-order valence-electron chi connectivity index (χ4n) is 2.58. The van der Waals surface area contributed by atoms with Gasteiger partial charge in [0.1, 0.15) is 6.54 Å². The average molecular weight is 389 g/mol. The predicted octanol–water partition coefficient (Wildman–Crippen LogP) is 2.67. The number of carbonyl (C=O) groups is 2. The maximum absolute atomic E-state index is 12.5. The summed E-state index contributed by atoms with van der Waals surface area (Å²) in [6.45, 7) is 4.63. The molecule has 2 aromatic rings. The minimum Gasteiger partial charge on any atom is -0.326 e. The Labute approximate surface area is 159 Å². The van der Waals surface area contributed by atoms with E-state index >= 15 is 0 Å². The minimum absolute atomic E-state index is 0.223. The van der Waals surface area contributed by atoms with E-state index in [1.54, 1.807) is 49.4 Å². The monoisotopic (exact) mass is 389 g/mol. The summed E-state index contributed by atoms with van der Waals surface area (Å²) in [7, 11) is -3.65. The van der Waals surface area contributed by atoms with Crippen LogP contribution in [0.25, 0.3) is 0 Å². The van der Waals surface area contributed by atoms with E-state index in [9.17, 15) is 18.0 Å². The Morgan fingerprint density at radius 1 is 1.00 bits per heavy atom. The molecule has 0 fully saturated rings. The van der Waals surface area contributed by atoms with Crippen molar-refractivity contribution in [1.82, 2.24) is 0 Å². The zero-order valence-corrected chi connectivity index (χ0v) is 16.6. The molecule has 0 heterocycles. The van der Waals surface area contributed by atoms with Crippen molar-refractivity contribution in [3.63, 3.8) is 0 Å². The van der Waals surface area contributed by atoms with Crippen molar-refractivity contribution in [3.05, 3.63) is 53.6 Å². The van der Waals surface area contributed by atoms with Gasteiger partial charge in [-0.15, -0.1) is 0 Å². The number of anilines is 3. The second kappa shape index (κ2) is 8.22. The Morgan fingerprint density at radius 3 is 2.26 bits per heavy atom. The molecule has 27 heavy (non-hydrogen) atoms. The zero-order valence-electron chi connectivity index (χ0n) is 15.7. The second-order valence-corrected chi connectivity index (χ2v) is 8.22. The maximum Gasteiger partial charge on any atom is 0.245 e. The summed E-state index contributed by atoms with van der Waals surface area (Å²) >= 11 is 0. The van der Waals surface area contributed by atoms with E-state index in [4.69, 9.17) is 0 Å². The number of hydrogen-bond donors (Lipinski definition) is 2. The van der Waals surface area contributed by atoms with Crippen LogP contribution in [0.3, 0.4) is 0 Å². The largest absolute Gasteiger partial charge is 0.326 e. The Bertz CT molecular complexity index is 971. The lowest BCUT2D eigenvalue weighted by atomic mass is 10.1. The molecule has 7 nitrogen and oxygen atoms in total. The summed E-state index contributed by atoms with van der Waals surface area (Å²) < 4.78 is 25.5. The lowest BCUT2D eigenvalue weighted by Gasteiger charge is -2.23. The fourth-order valence-corrected chi connectivity index (χ4v) is 3.50. The molecule has 0 radical (unpaired) electrons. The van der Waals surface area contributed by atoms with Crippen LogP contribution >= 0.6 is 0 Å². The van der Waals surface area contributed by atoms with Gasteiger partial charge in [-0.1, -0.05) is 24.3 Å². The van der Waals surface area contributed by atoms with E-state index in [0.29, 0.717) is 17.1 Å². The highest BCUT2D eigenvalue weighted by Gasteiger charge is 2.22. The molecule has 0 unspecified atom stereocenters. The third kappa shape index (κ3) is 5.55. The predicted molar refractivity (Wildman–Crippen MR) is 107 cm³/mol. The number of rotatable bonds is 6.